The molecule has 2 atom stereocenters. The standard InChI is InChI=1S/C14H19N3O/c15-14(18)16-11-6-8-17-7-5-10-3-1-2-4-12(10)13(17)9-11/h1-4,11,13H,5-9H2,(H3,15,16,18). The molecule has 4 nitrogen and oxygen atoms in total. The maximum Gasteiger partial charge on any atom is 0.312 e. The molecule has 18 heavy (non-hydrogen) atoms. The first-order chi connectivity index (χ1) is 8.74. The molecule has 0 aromatic heterocycles. The van der Waals surface area contributed by atoms with Crippen molar-refractivity contribution in [2.45, 2.75) is 31.3 Å². The molecule has 2 heterocycles. The average Bonchev–Trinajstić information content (AvgIpc) is 2.38. The Morgan fingerprint density at radius 1 is 1.33 bits per heavy atom. The first-order valence-corrected chi connectivity index (χ1v) is 6.62. The van der Waals surface area contributed by atoms with E-state index >= 15 is 0 Å². The van der Waals surface area contributed by atoms with Crippen LogP contribution in [0.25, 0.3) is 0 Å². The predicted molar refractivity (Wildman–Crippen MR) is 70.2 cm³/mol. The van der Waals surface area contributed by atoms with E-state index in [-0.39, 0.29) is 6.04 Å². The highest BCUT2D eigenvalue weighted by atomic mass is 16.2. The number of benzene rings is 1. The van der Waals surface area contributed by atoms with Crippen molar-refractivity contribution in [2.24, 2.45) is 5.73 Å². The minimum Gasteiger partial charge on any atom is -0.352 e. The highest BCUT2D eigenvalue weighted by molar-refractivity contribution is 5.72. The van der Waals surface area contributed by atoms with E-state index in [1.807, 2.05) is 0 Å². The van der Waals surface area contributed by atoms with Gasteiger partial charge < -0.3 is 11.1 Å². The lowest BCUT2D eigenvalue weighted by Gasteiger charge is -2.43. The van der Waals surface area contributed by atoms with Gasteiger partial charge >= 0.3 is 6.03 Å². The molecule has 1 saturated heterocycles. The molecule has 1 fully saturated rings. The Kier molecular flexibility index (Phi) is 2.96. The SMILES string of the molecule is NC(=O)NC1CCN2CCc3ccccc3C2C1. The Morgan fingerprint density at radius 2 is 2.17 bits per heavy atom. The third-order valence-corrected chi connectivity index (χ3v) is 4.14. The quantitative estimate of drug-likeness (QED) is 0.786. The molecule has 1 aromatic carbocycles. The van der Waals surface area contributed by atoms with Crippen molar-refractivity contribution >= 4 is 6.03 Å². The van der Waals surface area contributed by atoms with Crippen LogP contribution in [0.5, 0.6) is 0 Å². The van der Waals surface area contributed by atoms with Crippen LogP contribution in [0.15, 0.2) is 24.3 Å². The summed E-state index contributed by atoms with van der Waals surface area (Å²) < 4.78 is 0. The number of rotatable bonds is 1. The van der Waals surface area contributed by atoms with Crippen LogP contribution in [0.4, 0.5) is 4.79 Å². The number of carbonyl (C=O) groups is 1. The number of fused-ring (bicyclic) bond motifs is 3. The van der Waals surface area contributed by atoms with Gasteiger partial charge in [0.25, 0.3) is 0 Å². The monoisotopic (exact) mass is 245 g/mol. The maximum atomic E-state index is 11.0. The summed E-state index contributed by atoms with van der Waals surface area (Å²) in [6.07, 6.45) is 3.11. The molecule has 0 spiro atoms. The largest absolute Gasteiger partial charge is 0.352 e. The zero-order valence-corrected chi connectivity index (χ0v) is 10.4. The lowest BCUT2D eigenvalue weighted by molar-refractivity contribution is 0.118. The molecule has 2 unspecified atom stereocenters. The van der Waals surface area contributed by atoms with Crippen molar-refractivity contribution in [1.82, 2.24) is 10.2 Å². The van der Waals surface area contributed by atoms with E-state index in [9.17, 15) is 4.79 Å². The van der Waals surface area contributed by atoms with Crippen LogP contribution in [-0.4, -0.2) is 30.1 Å². The van der Waals surface area contributed by atoms with Crippen molar-refractivity contribution in [3.8, 4) is 0 Å². The number of hydrogen-bond donors (Lipinski definition) is 2. The Bertz CT molecular complexity index is 460. The Morgan fingerprint density at radius 3 is 3.00 bits per heavy atom. The second kappa shape index (κ2) is 4.61. The second-order valence-corrected chi connectivity index (χ2v) is 5.23. The normalized spacial score (nSPS) is 27.1. The van der Waals surface area contributed by atoms with Crippen LogP contribution in [0, 0.1) is 0 Å². The van der Waals surface area contributed by atoms with Gasteiger partial charge in [-0.2, -0.15) is 0 Å². The fourth-order valence-electron chi connectivity index (χ4n) is 3.29. The van der Waals surface area contributed by atoms with Gasteiger partial charge in [0.05, 0.1) is 0 Å². The highest BCUT2D eigenvalue weighted by Crippen LogP contribution is 2.36. The van der Waals surface area contributed by atoms with Gasteiger partial charge in [-0.15, -0.1) is 0 Å². The van der Waals surface area contributed by atoms with Gasteiger partial charge in [-0.1, -0.05) is 24.3 Å². The first kappa shape index (κ1) is 11.5. The number of carbonyl (C=O) groups excluding carboxylic acids is 1. The fourth-order valence-corrected chi connectivity index (χ4v) is 3.29. The Hall–Kier alpha value is -1.55. The number of hydrogen-bond acceptors (Lipinski definition) is 2. The zero-order valence-electron chi connectivity index (χ0n) is 10.4. The minimum absolute atomic E-state index is 0.218. The predicted octanol–water partition coefficient (Wildman–Crippen LogP) is 1.42. The number of piperidine rings is 1. The van der Waals surface area contributed by atoms with E-state index in [0.717, 1.165) is 32.4 Å². The molecule has 4 heteroatoms. The van der Waals surface area contributed by atoms with Crippen molar-refractivity contribution in [1.29, 1.82) is 0 Å². The molecule has 96 valence electrons. The number of amides is 2. The highest BCUT2D eigenvalue weighted by Gasteiger charge is 2.33. The van der Waals surface area contributed by atoms with E-state index in [4.69, 9.17) is 5.73 Å². The van der Waals surface area contributed by atoms with E-state index in [0.29, 0.717) is 6.04 Å². The van der Waals surface area contributed by atoms with Gasteiger partial charge in [0.15, 0.2) is 0 Å². The summed E-state index contributed by atoms with van der Waals surface area (Å²) in [6, 6.07) is 8.91. The van der Waals surface area contributed by atoms with Gasteiger partial charge in [0, 0.05) is 25.2 Å². The van der Waals surface area contributed by atoms with E-state index in [2.05, 4.69) is 34.5 Å². The minimum atomic E-state index is -0.405. The summed E-state index contributed by atoms with van der Waals surface area (Å²) >= 11 is 0. The van der Waals surface area contributed by atoms with Crippen LogP contribution in [-0.2, 0) is 6.42 Å². The third kappa shape index (κ3) is 2.08. The summed E-state index contributed by atoms with van der Waals surface area (Å²) in [5.41, 5.74) is 8.11. The Balaban J connectivity index is 1.82. The van der Waals surface area contributed by atoms with Gasteiger partial charge in [-0.25, -0.2) is 4.79 Å². The third-order valence-electron chi connectivity index (χ3n) is 4.14. The molecule has 0 saturated carbocycles. The number of nitrogens with zero attached hydrogens (tertiary/aromatic N) is 1. The van der Waals surface area contributed by atoms with Crippen LogP contribution < -0.4 is 11.1 Å². The molecular formula is C14H19N3O. The topological polar surface area (TPSA) is 58.4 Å². The molecule has 0 aliphatic carbocycles. The zero-order chi connectivity index (χ0) is 12.5. The number of nitrogens with one attached hydrogen (secondary N) is 1. The molecule has 0 radical (unpaired) electrons. The summed E-state index contributed by atoms with van der Waals surface area (Å²) in [5, 5.41) is 2.86. The van der Waals surface area contributed by atoms with Crippen LogP contribution in [0.3, 0.4) is 0 Å². The lowest BCUT2D eigenvalue weighted by Crippen LogP contribution is -2.49. The smallest absolute Gasteiger partial charge is 0.312 e. The maximum absolute atomic E-state index is 11.0. The van der Waals surface area contributed by atoms with Gasteiger partial charge in [-0.05, 0) is 30.4 Å². The molecule has 2 aliphatic rings. The van der Waals surface area contributed by atoms with E-state index < -0.39 is 6.03 Å². The fraction of sp³-hybridized carbons (Fsp3) is 0.500. The van der Waals surface area contributed by atoms with Crippen molar-refractivity contribution < 1.29 is 4.79 Å². The summed E-state index contributed by atoms with van der Waals surface area (Å²) in [4.78, 5) is 13.5. The number of primary amides is 1. The van der Waals surface area contributed by atoms with Crippen LogP contribution in [0.1, 0.15) is 30.0 Å². The number of nitrogens with two attached hydrogens (primary N) is 1. The summed E-state index contributed by atoms with van der Waals surface area (Å²) in [5.74, 6) is 0. The summed E-state index contributed by atoms with van der Waals surface area (Å²) in [7, 11) is 0. The molecule has 0 bridgehead atoms. The summed E-state index contributed by atoms with van der Waals surface area (Å²) in [6.45, 7) is 2.18. The number of urea groups is 1. The first-order valence-electron chi connectivity index (χ1n) is 6.62. The van der Waals surface area contributed by atoms with Gasteiger partial charge in [-0.3, -0.25) is 4.90 Å². The molecule has 2 amide bonds. The molecule has 3 N–H and O–H groups in total. The average molecular weight is 245 g/mol. The second-order valence-electron chi connectivity index (χ2n) is 5.23. The molecule has 2 aliphatic heterocycles. The molecule has 1 aromatic rings. The molecular weight excluding hydrogens is 226 g/mol. The van der Waals surface area contributed by atoms with Gasteiger partial charge in [0.2, 0.25) is 0 Å². The van der Waals surface area contributed by atoms with Gasteiger partial charge in [0.1, 0.15) is 0 Å². The van der Waals surface area contributed by atoms with Crippen molar-refractivity contribution in [2.75, 3.05) is 13.1 Å². The van der Waals surface area contributed by atoms with Crippen molar-refractivity contribution in [3.05, 3.63) is 35.4 Å². The molecule has 3 rings (SSSR count). The van der Waals surface area contributed by atoms with Crippen LogP contribution >= 0.6 is 0 Å². The van der Waals surface area contributed by atoms with Crippen LogP contribution in [0.2, 0.25) is 0 Å². The van der Waals surface area contributed by atoms with Crippen molar-refractivity contribution in [3.63, 3.8) is 0 Å². The lowest BCUT2D eigenvalue weighted by atomic mass is 9.85. The van der Waals surface area contributed by atoms with E-state index in [1.165, 1.54) is 11.1 Å². The Labute approximate surface area is 107 Å². The van der Waals surface area contributed by atoms with E-state index in [1.54, 1.807) is 0 Å².